The number of halogens is 2. The molecule has 0 bridgehead atoms. The molecule has 8 nitrogen and oxygen atoms in total. The highest BCUT2D eigenvalue weighted by Gasteiger charge is 2.39. The first-order chi connectivity index (χ1) is 17.5. The van der Waals surface area contributed by atoms with E-state index in [2.05, 4.69) is 15.6 Å². The van der Waals surface area contributed by atoms with Crippen molar-refractivity contribution in [1.29, 1.82) is 0 Å². The number of hydrogen-bond donors (Lipinski definition) is 3. The number of nitrogens with one attached hydrogen (secondary N) is 2. The number of aliphatic hydroxyl groups is 1. The summed E-state index contributed by atoms with van der Waals surface area (Å²) < 4.78 is 58.6. The van der Waals surface area contributed by atoms with Crippen molar-refractivity contribution in [3.05, 3.63) is 29.4 Å². The standard InChI is InChI=1S/C25H33F2N3O5S2/c1-15(2)35-24(32)30-17-5-3-16(4-6-17)23-28-12-21(36-23)20-10-7-18(29-13-25(26,27)14-31)11-22(20)37(33,34)19-8-9-19/h7,10-12,15-17,19,29,31H,3-6,8-9,13-14H2,1-2H3,(H,30,32). The Labute approximate surface area is 219 Å². The Bertz CT molecular complexity index is 1210. The number of alkyl halides is 2. The zero-order valence-electron chi connectivity index (χ0n) is 20.9. The van der Waals surface area contributed by atoms with Gasteiger partial charge in [-0.15, -0.1) is 11.3 Å². The number of amides is 1. The van der Waals surface area contributed by atoms with Gasteiger partial charge in [-0.25, -0.2) is 27.0 Å². The molecule has 204 valence electrons. The third-order valence-electron chi connectivity index (χ3n) is 6.56. The number of aliphatic hydroxyl groups excluding tert-OH is 1. The highest BCUT2D eigenvalue weighted by Crippen LogP contribution is 2.43. The molecule has 0 unspecified atom stereocenters. The molecule has 2 fully saturated rings. The average Bonchev–Trinajstić information content (AvgIpc) is 3.61. The zero-order valence-corrected chi connectivity index (χ0v) is 22.5. The van der Waals surface area contributed by atoms with Crippen LogP contribution in [-0.2, 0) is 14.6 Å². The maximum absolute atomic E-state index is 13.5. The molecule has 1 aromatic heterocycles. The van der Waals surface area contributed by atoms with Crippen molar-refractivity contribution in [3.8, 4) is 10.4 Å². The monoisotopic (exact) mass is 557 g/mol. The Morgan fingerprint density at radius 2 is 1.92 bits per heavy atom. The second-order valence-electron chi connectivity index (χ2n) is 10.0. The van der Waals surface area contributed by atoms with Crippen molar-refractivity contribution >= 4 is 33.0 Å². The third-order valence-corrected chi connectivity index (χ3v) is 10.1. The van der Waals surface area contributed by atoms with E-state index in [1.54, 1.807) is 32.2 Å². The van der Waals surface area contributed by atoms with Gasteiger partial charge in [-0.1, -0.05) is 6.07 Å². The summed E-state index contributed by atoms with van der Waals surface area (Å²) in [5.74, 6) is -3.10. The minimum Gasteiger partial charge on any atom is -0.447 e. The zero-order chi connectivity index (χ0) is 26.8. The molecule has 0 radical (unpaired) electrons. The first-order valence-electron chi connectivity index (χ1n) is 12.5. The van der Waals surface area contributed by atoms with Crippen LogP contribution in [0.25, 0.3) is 10.4 Å². The number of rotatable bonds is 10. The summed E-state index contributed by atoms with van der Waals surface area (Å²) in [6.07, 6.45) is 5.54. The highest BCUT2D eigenvalue weighted by molar-refractivity contribution is 7.92. The van der Waals surface area contributed by atoms with Crippen LogP contribution in [-0.4, -0.2) is 61.1 Å². The number of benzene rings is 1. The summed E-state index contributed by atoms with van der Waals surface area (Å²) in [6.45, 7) is 1.51. The fourth-order valence-electron chi connectivity index (χ4n) is 4.42. The van der Waals surface area contributed by atoms with Crippen LogP contribution in [0.15, 0.2) is 29.3 Å². The molecule has 0 atom stereocenters. The first-order valence-corrected chi connectivity index (χ1v) is 14.9. The van der Waals surface area contributed by atoms with Crippen LogP contribution in [0.2, 0.25) is 0 Å². The molecule has 2 aliphatic carbocycles. The van der Waals surface area contributed by atoms with E-state index in [9.17, 15) is 22.0 Å². The van der Waals surface area contributed by atoms with Gasteiger partial charge in [-0.2, -0.15) is 0 Å². The van der Waals surface area contributed by atoms with E-state index in [4.69, 9.17) is 9.84 Å². The van der Waals surface area contributed by atoms with Gasteiger partial charge in [0.1, 0.15) is 6.61 Å². The Morgan fingerprint density at radius 1 is 1.22 bits per heavy atom. The largest absolute Gasteiger partial charge is 0.447 e. The van der Waals surface area contributed by atoms with E-state index in [-0.39, 0.29) is 28.6 Å². The lowest BCUT2D eigenvalue weighted by molar-refractivity contribution is -0.0372. The Kier molecular flexibility index (Phi) is 8.39. The summed E-state index contributed by atoms with van der Waals surface area (Å²) in [6, 6.07) is 4.66. The van der Waals surface area contributed by atoms with Gasteiger partial charge in [0.15, 0.2) is 9.84 Å². The van der Waals surface area contributed by atoms with Gasteiger partial charge < -0.3 is 20.5 Å². The van der Waals surface area contributed by atoms with E-state index in [0.29, 0.717) is 23.3 Å². The van der Waals surface area contributed by atoms with Gasteiger partial charge in [-0.05, 0) is 64.5 Å². The lowest BCUT2D eigenvalue weighted by Crippen LogP contribution is -2.38. The van der Waals surface area contributed by atoms with Gasteiger partial charge in [0.25, 0.3) is 5.92 Å². The molecule has 3 N–H and O–H groups in total. The quantitative estimate of drug-likeness (QED) is 0.379. The number of sulfone groups is 1. The number of nitrogens with zero attached hydrogens (tertiary/aromatic N) is 1. The fourth-order valence-corrected chi connectivity index (χ4v) is 7.50. The van der Waals surface area contributed by atoms with Gasteiger partial charge in [0.05, 0.1) is 32.7 Å². The van der Waals surface area contributed by atoms with Crippen LogP contribution in [0.1, 0.15) is 63.3 Å². The maximum atomic E-state index is 13.5. The molecule has 2 saturated carbocycles. The van der Waals surface area contributed by atoms with Crippen molar-refractivity contribution in [2.75, 3.05) is 18.5 Å². The number of aromatic nitrogens is 1. The lowest BCUT2D eigenvalue weighted by Gasteiger charge is -2.28. The molecule has 2 aliphatic rings. The molecular weight excluding hydrogens is 524 g/mol. The Morgan fingerprint density at radius 3 is 2.54 bits per heavy atom. The summed E-state index contributed by atoms with van der Waals surface area (Å²) in [7, 11) is -3.62. The minimum absolute atomic E-state index is 0.0514. The van der Waals surface area contributed by atoms with Gasteiger partial charge >= 0.3 is 6.09 Å². The van der Waals surface area contributed by atoms with Crippen molar-refractivity contribution in [1.82, 2.24) is 10.3 Å². The number of carbonyl (C=O) groups is 1. The number of anilines is 1. The Hall–Kier alpha value is -2.31. The number of hydrogen-bond acceptors (Lipinski definition) is 8. The van der Waals surface area contributed by atoms with Gasteiger partial charge in [0, 0.05) is 29.4 Å². The topological polar surface area (TPSA) is 118 Å². The summed E-state index contributed by atoms with van der Waals surface area (Å²) in [5, 5.41) is 14.7. The molecule has 1 heterocycles. The van der Waals surface area contributed by atoms with Crippen LogP contribution in [0.3, 0.4) is 0 Å². The average molecular weight is 558 g/mol. The van der Waals surface area contributed by atoms with Gasteiger partial charge in [0.2, 0.25) is 0 Å². The summed E-state index contributed by atoms with van der Waals surface area (Å²) in [5.41, 5.74) is 0.768. The number of alkyl carbamates (subject to hydrolysis) is 1. The predicted molar refractivity (Wildman–Crippen MR) is 138 cm³/mol. The van der Waals surface area contributed by atoms with Gasteiger partial charge in [-0.3, -0.25) is 0 Å². The van der Waals surface area contributed by atoms with Crippen molar-refractivity contribution in [2.45, 2.75) is 86.5 Å². The van der Waals surface area contributed by atoms with Crippen molar-refractivity contribution < 1.29 is 31.8 Å². The molecule has 12 heteroatoms. The molecule has 0 spiro atoms. The van der Waals surface area contributed by atoms with Crippen molar-refractivity contribution in [3.63, 3.8) is 0 Å². The molecule has 0 aliphatic heterocycles. The number of ether oxygens (including phenoxy) is 1. The molecule has 37 heavy (non-hydrogen) atoms. The molecular formula is C25H33F2N3O5S2. The van der Waals surface area contributed by atoms with E-state index >= 15 is 0 Å². The van der Waals surface area contributed by atoms with E-state index in [1.807, 2.05) is 0 Å². The van der Waals surface area contributed by atoms with E-state index in [0.717, 1.165) is 30.7 Å². The SMILES string of the molecule is CC(C)OC(=O)NC1CCC(c2ncc(-c3ccc(NCC(F)(F)CO)cc3S(=O)(=O)C3CC3)s2)CC1. The molecule has 4 rings (SSSR count). The predicted octanol–water partition coefficient (Wildman–Crippen LogP) is 4.95. The second-order valence-corrected chi connectivity index (χ2v) is 13.3. The normalized spacial score (nSPS) is 20.6. The Balaban J connectivity index is 1.49. The maximum Gasteiger partial charge on any atom is 0.407 e. The summed E-state index contributed by atoms with van der Waals surface area (Å²) >= 11 is 1.44. The number of thiazole rings is 1. The smallest absolute Gasteiger partial charge is 0.407 e. The van der Waals surface area contributed by atoms with Crippen molar-refractivity contribution in [2.24, 2.45) is 0 Å². The van der Waals surface area contributed by atoms with E-state index < -0.39 is 40.3 Å². The van der Waals surface area contributed by atoms with Crippen LogP contribution >= 0.6 is 11.3 Å². The molecule has 2 aromatic rings. The number of carbonyl (C=O) groups excluding carboxylic acids is 1. The second kappa shape index (κ2) is 11.2. The van der Waals surface area contributed by atoms with Crippen LogP contribution in [0, 0.1) is 0 Å². The first kappa shape index (κ1) is 27.7. The third kappa shape index (κ3) is 6.97. The minimum atomic E-state index is -3.62. The highest BCUT2D eigenvalue weighted by atomic mass is 32.2. The fraction of sp³-hybridized carbons (Fsp3) is 0.600. The molecule has 1 amide bonds. The van der Waals surface area contributed by atoms with E-state index in [1.165, 1.54) is 17.4 Å². The molecule has 0 saturated heterocycles. The van der Waals surface area contributed by atoms with Crippen LogP contribution in [0.4, 0.5) is 19.3 Å². The summed E-state index contributed by atoms with van der Waals surface area (Å²) in [4.78, 5) is 17.3. The van der Waals surface area contributed by atoms with Crippen LogP contribution < -0.4 is 10.6 Å². The lowest BCUT2D eigenvalue weighted by atomic mass is 9.86. The molecule has 1 aromatic carbocycles. The van der Waals surface area contributed by atoms with Crippen LogP contribution in [0.5, 0.6) is 0 Å².